The van der Waals surface area contributed by atoms with Crippen LogP contribution in [0.25, 0.3) is 0 Å². The summed E-state index contributed by atoms with van der Waals surface area (Å²) in [6.07, 6.45) is 3.33. The molecule has 0 radical (unpaired) electrons. The number of ether oxygens (including phenoxy) is 1. The zero-order chi connectivity index (χ0) is 13.0. The number of carbonyl (C=O) groups excluding carboxylic acids is 1. The fourth-order valence-corrected chi connectivity index (χ4v) is 2.67. The molecule has 1 aromatic carbocycles. The summed E-state index contributed by atoms with van der Waals surface area (Å²) in [5, 5.41) is 1.96. The van der Waals surface area contributed by atoms with Crippen LogP contribution in [0.15, 0.2) is 29.7 Å². The summed E-state index contributed by atoms with van der Waals surface area (Å²) in [5.74, 6) is 1.08. The SMILES string of the molecule is CCc1cc(CN2SC=CCC2=O)ccc1OC. The summed E-state index contributed by atoms with van der Waals surface area (Å²) in [7, 11) is 1.68. The van der Waals surface area contributed by atoms with E-state index in [1.54, 1.807) is 11.4 Å². The van der Waals surface area contributed by atoms with Crippen molar-refractivity contribution in [3.05, 3.63) is 40.8 Å². The highest BCUT2D eigenvalue weighted by Gasteiger charge is 2.16. The van der Waals surface area contributed by atoms with E-state index in [1.807, 2.05) is 23.6 Å². The number of hydrogen-bond donors (Lipinski definition) is 0. The van der Waals surface area contributed by atoms with Gasteiger partial charge in [0.25, 0.3) is 0 Å². The van der Waals surface area contributed by atoms with Gasteiger partial charge in [0.2, 0.25) is 5.91 Å². The third kappa shape index (κ3) is 2.88. The molecule has 0 aromatic heterocycles. The van der Waals surface area contributed by atoms with Crippen molar-refractivity contribution < 1.29 is 9.53 Å². The van der Waals surface area contributed by atoms with E-state index in [4.69, 9.17) is 4.74 Å². The fraction of sp³-hybridized carbons (Fsp3) is 0.357. The van der Waals surface area contributed by atoms with Crippen LogP contribution >= 0.6 is 11.9 Å². The molecule has 96 valence electrons. The molecule has 1 aliphatic heterocycles. The van der Waals surface area contributed by atoms with Gasteiger partial charge in [-0.2, -0.15) is 0 Å². The number of rotatable bonds is 4. The summed E-state index contributed by atoms with van der Waals surface area (Å²) in [4.78, 5) is 11.7. The maximum absolute atomic E-state index is 11.7. The Morgan fingerprint density at radius 2 is 2.28 bits per heavy atom. The first-order valence-corrected chi connectivity index (χ1v) is 6.86. The molecular formula is C14H17NO2S. The maximum atomic E-state index is 11.7. The molecule has 0 saturated carbocycles. The number of methoxy groups -OCH3 is 1. The molecule has 0 unspecified atom stereocenters. The number of benzene rings is 1. The highest BCUT2D eigenvalue weighted by molar-refractivity contribution is 8.00. The van der Waals surface area contributed by atoms with Crippen molar-refractivity contribution in [2.45, 2.75) is 26.3 Å². The molecular weight excluding hydrogens is 246 g/mol. The minimum Gasteiger partial charge on any atom is -0.496 e. The third-order valence-corrected chi connectivity index (χ3v) is 3.81. The minimum absolute atomic E-state index is 0.163. The van der Waals surface area contributed by atoms with E-state index in [0.717, 1.165) is 17.7 Å². The van der Waals surface area contributed by atoms with Gasteiger partial charge in [0.15, 0.2) is 0 Å². The van der Waals surface area contributed by atoms with Crippen LogP contribution in [0.5, 0.6) is 5.75 Å². The van der Waals surface area contributed by atoms with Crippen LogP contribution < -0.4 is 4.74 Å². The Morgan fingerprint density at radius 3 is 2.94 bits per heavy atom. The van der Waals surface area contributed by atoms with E-state index in [9.17, 15) is 4.79 Å². The molecule has 1 amide bonds. The Bertz CT molecular complexity index is 471. The summed E-state index contributed by atoms with van der Waals surface area (Å²) in [6.45, 7) is 2.75. The summed E-state index contributed by atoms with van der Waals surface area (Å²) >= 11 is 1.46. The molecule has 2 rings (SSSR count). The molecule has 0 bridgehead atoms. The summed E-state index contributed by atoms with van der Waals surface area (Å²) in [5.41, 5.74) is 2.32. The van der Waals surface area contributed by atoms with Gasteiger partial charge in [-0.15, -0.1) is 0 Å². The lowest BCUT2D eigenvalue weighted by molar-refractivity contribution is -0.125. The van der Waals surface area contributed by atoms with Crippen molar-refractivity contribution in [1.82, 2.24) is 4.31 Å². The van der Waals surface area contributed by atoms with Gasteiger partial charge in [0, 0.05) is 6.42 Å². The Morgan fingerprint density at radius 1 is 1.44 bits per heavy atom. The van der Waals surface area contributed by atoms with Crippen molar-refractivity contribution in [1.29, 1.82) is 0 Å². The van der Waals surface area contributed by atoms with Crippen LogP contribution in [0.1, 0.15) is 24.5 Å². The van der Waals surface area contributed by atoms with Crippen LogP contribution in [0.4, 0.5) is 0 Å². The number of hydrogen-bond acceptors (Lipinski definition) is 3. The van der Waals surface area contributed by atoms with E-state index in [-0.39, 0.29) is 5.91 Å². The van der Waals surface area contributed by atoms with Gasteiger partial charge in [-0.05, 0) is 41.0 Å². The lowest BCUT2D eigenvalue weighted by Gasteiger charge is -2.22. The quantitative estimate of drug-likeness (QED) is 0.782. The Hall–Kier alpha value is -1.42. The Balaban J connectivity index is 2.14. The highest BCUT2D eigenvalue weighted by Crippen LogP contribution is 2.25. The topological polar surface area (TPSA) is 29.5 Å². The predicted octanol–water partition coefficient (Wildman–Crippen LogP) is 3.15. The van der Waals surface area contributed by atoms with Gasteiger partial charge in [0.1, 0.15) is 5.75 Å². The fourth-order valence-electron chi connectivity index (χ4n) is 1.92. The molecule has 3 nitrogen and oxygen atoms in total. The van der Waals surface area contributed by atoms with Crippen LogP contribution in [0, 0.1) is 0 Å². The standard InChI is InChI=1S/C14H17NO2S/c1-3-12-9-11(6-7-13(12)17-2)10-15-14(16)5-4-8-18-15/h4,6-9H,3,5,10H2,1-2H3. The number of carbonyl (C=O) groups is 1. The van der Waals surface area contributed by atoms with Gasteiger partial charge >= 0.3 is 0 Å². The van der Waals surface area contributed by atoms with Crippen molar-refractivity contribution in [3.63, 3.8) is 0 Å². The number of amides is 1. The zero-order valence-electron chi connectivity index (χ0n) is 10.7. The number of nitrogens with zero attached hydrogens (tertiary/aromatic N) is 1. The van der Waals surface area contributed by atoms with Gasteiger partial charge in [0.05, 0.1) is 13.7 Å². The smallest absolute Gasteiger partial charge is 0.236 e. The monoisotopic (exact) mass is 263 g/mol. The van der Waals surface area contributed by atoms with E-state index in [2.05, 4.69) is 13.0 Å². The molecule has 1 heterocycles. The van der Waals surface area contributed by atoms with E-state index in [0.29, 0.717) is 13.0 Å². The van der Waals surface area contributed by atoms with Crippen molar-refractivity contribution >= 4 is 17.9 Å². The highest BCUT2D eigenvalue weighted by atomic mass is 32.2. The second-order valence-corrected chi connectivity index (χ2v) is 5.04. The van der Waals surface area contributed by atoms with Gasteiger partial charge in [-0.1, -0.05) is 25.1 Å². The third-order valence-electron chi connectivity index (χ3n) is 2.91. The van der Waals surface area contributed by atoms with Crippen LogP contribution in [0.2, 0.25) is 0 Å². The minimum atomic E-state index is 0.163. The van der Waals surface area contributed by atoms with Gasteiger partial charge < -0.3 is 4.74 Å². The van der Waals surface area contributed by atoms with Crippen molar-refractivity contribution in [2.75, 3.05) is 7.11 Å². The van der Waals surface area contributed by atoms with Gasteiger partial charge in [-0.25, -0.2) is 0 Å². The molecule has 18 heavy (non-hydrogen) atoms. The summed E-state index contributed by atoms with van der Waals surface area (Å²) in [6, 6.07) is 6.11. The molecule has 0 atom stereocenters. The molecule has 1 aromatic rings. The molecule has 0 N–H and O–H groups in total. The first-order valence-electron chi connectivity index (χ1n) is 6.02. The predicted molar refractivity (Wildman–Crippen MR) is 74.3 cm³/mol. The average Bonchev–Trinajstić information content (AvgIpc) is 2.41. The second kappa shape index (κ2) is 5.96. The molecule has 4 heteroatoms. The molecule has 0 aliphatic carbocycles. The first kappa shape index (κ1) is 13.0. The first-order chi connectivity index (χ1) is 8.74. The van der Waals surface area contributed by atoms with Crippen molar-refractivity contribution in [2.24, 2.45) is 0 Å². The lowest BCUT2D eigenvalue weighted by Crippen LogP contribution is -2.24. The van der Waals surface area contributed by atoms with Crippen LogP contribution in [0.3, 0.4) is 0 Å². The van der Waals surface area contributed by atoms with Crippen LogP contribution in [-0.2, 0) is 17.8 Å². The van der Waals surface area contributed by atoms with E-state index >= 15 is 0 Å². The Labute approximate surface area is 112 Å². The molecule has 0 fully saturated rings. The van der Waals surface area contributed by atoms with Gasteiger partial charge in [-0.3, -0.25) is 9.10 Å². The second-order valence-electron chi connectivity index (χ2n) is 4.11. The largest absolute Gasteiger partial charge is 0.496 e. The van der Waals surface area contributed by atoms with Crippen molar-refractivity contribution in [3.8, 4) is 5.75 Å². The molecule has 0 saturated heterocycles. The Kier molecular flexibility index (Phi) is 4.31. The van der Waals surface area contributed by atoms with E-state index < -0.39 is 0 Å². The van der Waals surface area contributed by atoms with E-state index in [1.165, 1.54) is 17.5 Å². The normalized spacial score (nSPS) is 15.0. The molecule has 1 aliphatic rings. The lowest BCUT2D eigenvalue weighted by atomic mass is 10.1. The average molecular weight is 263 g/mol. The zero-order valence-corrected chi connectivity index (χ0v) is 11.5. The molecule has 0 spiro atoms. The maximum Gasteiger partial charge on any atom is 0.236 e. The summed E-state index contributed by atoms with van der Waals surface area (Å²) < 4.78 is 7.10. The van der Waals surface area contributed by atoms with Crippen LogP contribution in [-0.4, -0.2) is 17.3 Å². The number of aryl methyl sites for hydroxylation is 1.